The van der Waals surface area contributed by atoms with Crippen molar-refractivity contribution in [1.29, 1.82) is 0 Å². The average Bonchev–Trinajstić information content (AvgIpc) is 2.27. The Morgan fingerprint density at radius 1 is 1.42 bits per heavy atom. The molecule has 0 amide bonds. The predicted molar refractivity (Wildman–Crippen MR) is 71.9 cm³/mol. The second-order valence-electron chi connectivity index (χ2n) is 5.08. The van der Waals surface area contributed by atoms with Gasteiger partial charge >= 0.3 is 0 Å². The molecule has 1 fully saturated rings. The van der Waals surface area contributed by atoms with Gasteiger partial charge < -0.3 is 5.32 Å². The van der Waals surface area contributed by atoms with Crippen LogP contribution in [0, 0.1) is 12.7 Å². The molecule has 4 nitrogen and oxygen atoms in total. The van der Waals surface area contributed by atoms with Crippen LogP contribution >= 0.6 is 0 Å². The third-order valence-electron chi connectivity index (χ3n) is 3.38. The highest BCUT2D eigenvalue weighted by Crippen LogP contribution is 2.20. The summed E-state index contributed by atoms with van der Waals surface area (Å²) in [6.45, 7) is 4.38. The summed E-state index contributed by atoms with van der Waals surface area (Å²) in [4.78, 5) is -0.235. The Hall–Kier alpha value is -0.980. The van der Waals surface area contributed by atoms with E-state index in [1.807, 2.05) is 6.92 Å². The van der Waals surface area contributed by atoms with Crippen molar-refractivity contribution < 1.29 is 12.8 Å². The molecule has 1 heterocycles. The van der Waals surface area contributed by atoms with Gasteiger partial charge in [0.05, 0.1) is 0 Å². The lowest BCUT2D eigenvalue weighted by molar-refractivity contribution is 0.361. The minimum absolute atomic E-state index is 0.139. The van der Waals surface area contributed by atoms with Crippen LogP contribution in [-0.4, -0.2) is 27.0 Å². The summed E-state index contributed by atoms with van der Waals surface area (Å²) in [6, 6.07) is 4.41. The van der Waals surface area contributed by atoms with Gasteiger partial charge in [-0.25, -0.2) is 17.5 Å². The Labute approximate surface area is 113 Å². The zero-order valence-electron chi connectivity index (χ0n) is 11.1. The molecule has 0 aliphatic carbocycles. The molecular formula is C13H19FN2O2S. The molecule has 2 atom stereocenters. The van der Waals surface area contributed by atoms with E-state index < -0.39 is 15.8 Å². The molecular weight excluding hydrogens is 267 g/mol. The molecule has 0 saturated carbocycles. The number of halogens is 1. The highest BCUT2D eigenvalue weighted by molar-refractivity contribution is 7.89. The molecule has 0 spiro atoms. The van der Waals surface area contributed by atoms with Crippen molar-refractivity contribution in [2.45, 2.75) is 43.7 Å². The molecule has 1 saturated heterocycles. The first-order valence-electron chi connectivity index (χ1n) is 6.41. The van der Waals surface area contributed by atoms with Crippen molar-refractivity contribution in [1.82, 2.24) is 10.0 Å². The Morgan fingerprint density at radius 2 is 2.16 bits per heavy atom. The van der Waals surface area contributed by atoms with Crippen LogP contribution in [0.3, 0.4) is 0 Å². The maximum Gasteiger partial charge on any atom is 0.243 e. The van der Waals surface area contributed by atoms with Crippen LogP contribution in [-0.2, 0) is 10.0 Å². The first-order valence-corrected chi connectivity index (χ1v) is 7.89. The number of aryl methyl sites for hydroxylation is 1. The smallest absolute Gasteiger partial charge is 0.243 e. The number of nitrogens with one attached hydrogen (secondary N) is 2. The monoisotopic (exact) mass is 286 g/mol. The lowest BCUT2D eigenvalue weighted by atomic mass is 10.0. The molecule has 1 aliphatic rings. The van der Waals surface area contributed by atoms with E-state index in [0.29, 0.717) is 12.0 Å². The number of rotatable bonds is 3. The summed E-state index contributed by atoms with van der Waals surface area (Å²) in [5.74, 6) is -0.700. The number of benzene rings is 1. The molecule has 2 N–H and O–H groups in total. The Bertz CT molecular complexity index is 540. The summed E-state index contributed by atoms with van der Waals surface area (Å²) < 4.78 is 40.9. The first-order chi connectivity index (χ1) is 8.90. The molecule has 1 aromatic rings. The van der Waals surface area contributed by atoms with Crippen LogP contribution in [0.2, 0.25) is 0 Å². The molecule has 2 rings (SSSR count). The van der Waals surface area contributed by atoms with Crippen LogP contribution in [0.4, 0.5) is 4.39 Å². The summed E-state index contributed by atoms with van der Waals surface area (Å²) in [6.07, 6.45) is 1.43. The molecule has 19 heavy (non-hydrogen) atoms. The Morgan fingerprint density at radius 3 is 2.79 bits per heavy atom. The zero-order chi connectivity index (χ0) is 14.0. The number of piperidine rings is 1. The lowest BCUT2D eigenvalue weighted by Crippen LogP contribution is -2.46. The summed E-state index contributed by atoms with van der Waals surface area (Å²) in [5, 5.41) is 3.25. The van der Waals surface area contributed by atoms with E-state index in [4.69, 9.17) is 0 Å². The highest BCUT2D eigenvalue weighted by Gasteiger charge is 2.27. The van der Waals surface area contributed by atoms with Crippen molar-refractivity contribution >= 4 is 10.0 Å². The van der Waals surface area contributed by atoms with E-state index >= 15 is 0 Å². The molecule has 2 unspecified atom stereocenters. The molecule has 1 aromatic carbocycles. The maximum atomic E-state index is 13.7. The fourth-order valence-corrected chi connectivity index (χ4v) is 4.06. The number of hydrogen-bond acceptors (Lipinski definition) is 3. The van der Waals surface area contributed by atoms with Gasteiger partial charge in [-0.05, 0) is 44.9 Å². The van der Waals surface area contributed by atoms with Gasteiger partial charge in [-0.15, -0.1) is 0 Å². The van der Waals surface area contributed by atoms with Gasteiger partial charge in [0.15, 0.2) is 0 Å². The van der Waals surface area contributed by atoms with Crippen molar-refractivity contribution in [3.8, 4) is 0 Å². The minimum Gasteiger partial charge on any atom is -0.314 e. The Kier molecular flexibility index (Phi) is 4.23. The largest absolute Gasteiger partial charge is 0.314 e. The van der Waals surface area contributed by atoms with Gasteiger partial charge in [-0.1, -0.05) is 12.1 Å². The second-order valence-corrected chi connectivity index (χ2v) is 6.73. The van der Waals surface area contributed by atoms with Crippen LogP contribution < -0.4 is 10.0 Å². The molecule has 0 aromatic heterocycles. The second kappa shape index (κ2) is 5.56. The topological polar surface area (TPSA) is 58.2 Å². The van der Waals surface area contributed by atoms with Crippen LogP contribution in [0.15, 0.2) is 23.1 Å². The minimum atomic E-state index is -3.80. The molecule has 1 aliphatic heterocycles. The predicted octanol–water partition coefficient (Wildman–Crippen LogP) is 1.55. The van der Waals surface area contributed by atoms with Crippen molar-refractivity contribution in [3.63, 3.8) is 0 Å². The van der Waals surface area contributed by atoms with Gasteiger partial charge in [0, 0.05) is 12.1 Å². The SMILES string of the molecule is Cc1cccc(F)c1S(=O)(=O)NC1CCNC(C)C1. The first kappa shape index (κ1) is 14.4. The Balaban J connectivity index is 2.23. The van der Waals surface area contributed by atoms with E-state index in [1.165, 1.54) is 12.1 Å². The van der Waals surface area contributed by atoms with Gasteiger partial charge in [0.25, 0.3) is 0 Å². The van der Waals surface area contributed by atoms with Crippen molar-refractivity contribution in [3.05, 3.63) is 29.6 Å². The average molecular weight is 286 g/mol. The maximum absolute atomic E-state index is 13.7. The third kappa shape index (κ3) is 3.32. The molecule has 106 valence electrons. The third-order valence-corrected chi connectivity index (χ3v) is 5.08. The number of hydrogen-bond donors (Lipinski definition) is 2. The van der Waals surface area contributed by atoms with Crippen molar-refractivity contribution in [2.24, 2.45) is 0 Å². The summed E-state index contributed by atoms with van der Waals surface area (Å²) >= 11 is 0. The van der Waals surface area contributed by atoms with E-state index in [9.17, 15) is 12.8 Å². The lowest BCUT2D eigenvalue weighted by Gasteiger charge is -2.28. The quantitative estimate of drug-likeness (QED) is 0.886. The summed E-state index contributed by atoms with van der Waals surface area (Å²) in [7, 11) is -3.80. The van der Waals surface area contributed by atoms with Gasteiger partial charge in [0.2, 0.25) is 10.0 Å². The summed E-state index contributed by atoms with van der Waals surface area (Å²) in [5.41, 5.74) is 0.425. The fourth-order valence-electron chi connectivity index (χ4n) is 2.47. The highest BCUT2D eigenvalue weighted by atomic mass is 32.2. The molecule has 0 radical (unpaired) electrons. The molecule has 6 heteroatoms. The van der Waals surface area contributed by atoms with Crippen LogP contribution in [0.5, 0.6) is 0 Å². The van der Waals surface area contributed by atoms with Crippen LogP contribution in [0.1, 0.15) is 25.3 Å². The number of sulfonamides is 1. The molecule has 0 bridgehead atoms. The normalized spacial score (nSPS) is 24.4. The van der Waals surface area contributed by atoms with Gasteiger partial charge in [-0.3, -0.25) is 0 Å². The van der Waals surface area contributed by atoms with E-state index in [2.05, 4.69) is 10.0 Å². The zero-order valence-corrected chi connectivity index (χ0v) is 11.9. The van der Waals surface area contributed by atoms with Gasteiger partial charge in [0.1, 0.15) is 10.7 Å². The van der Waals surface area contributed by atoms with E-state index in [-0.39, 0.29) is 17.0 Å². The fraction of sp³-hybridized carbons (Fsp3) is 0.538. The van der Waals surface area contributed by atoms with E-state index in [0.717, 1.165) is 13.0 Å². The van der Waals surface area contributed by atoms with Crippen molar-refractivity contribution in [2.75, 3.05) is 6.54 Å². The standard InChI is InChI=1S/C13H19FN2O2S/c1-9-4-3-5-12(14)13(9)19(17,18)16-11-6-7-15-10(2)8-11/h3-5,10-11,15-16H,6-8H2,1-2H3. The van der Waals surface area contributed by atoms with Crippen LogP contribution in [0.25, 0.3) is 0 Å². The van der Waals surface area contributed by atoms with Gasteiger partial charge in [-0.2, -0.15) is 0 Å². The van der Waals surface area contributed by atoms with E-state index in [1.54, 1.807) is 13.0 Å².